The van der Waals surface area contributed by atoms with E-state index in [1.165, 1.54) is 0 Å². The first-order chi connectivity index (χ1) is 10.6. The summed E-state index contributed by atoms with van der Waals surface area (Å²) in [6.45, 7) is 7.17. The first-order valence-corrected chi connectivity index (χ1v) is 7.49. The number of nitrogens with zero attached hydrogens (tertiary/aromatic N) is 1. The highest BCUT2D eigenvalue weighted by Crippen LogP contribution is 2.24. The lowest BCUT2D eigenvalue weighted by Gasteiger charge is -2.16. The van der Waals surface area contributed by atoms with E-state index in [2.05, 4.69) is 0 Å². The summed E-state index contributed by atoms with van der Waals surface area (Å²) in [5.74, 6) is 1.07. The summed E-state index contributed by atoms with van der Waals surface area (Å²) in [6.07, 6.45) is 0.611. The highest BCUT2D eigenvalue weighted by molar-refractivity contribution is 5.75. The van der Waals surface area contributed by atoms with Gasteiger partial charge in [-0.15, -0.1) is 0 Å². The molecule has 0 bridgehead atoms. The van der Waals surface area contributed by atoms with Crippen LogP contribution in [-0.4, -0.2) is 17.5 Å². The van der Waals surface area contributed by atoms with Crippen molar-refractivity contribution in [2.24, 2.45) is 5.92 Å². The van der Waals surface area contributed by atoms with Crippen LogP contribution < -0.4 is 10.3 Å². The fourth-order valence-corrected chi connectivity index (χ4v) is 2.40. The largest absolute Gasteiger partial charge is 0.494 e. The van der Waals surface area contributed by atoms with E-state index < -0.39 is 0 Å². The zero-order valence-corrected chi connectivity index (χ0v) is 13.2. The van der Waals surface area contributed by atoms with Crippen LogP contribution >= 0.6 is 0 Å². The van der Waals surface area contributed by atoms with Crippen molar-refractivity contribution >= 4 is 6.29 Å². The number of pyridine rings is 1. The Bertz CT molecular complexity index is 717. The molecule has 0 spiro atoms. The summed E-state index contributed by atoms with van der Waals surface area (Å²) in [4.78, 5) is 23.5. The maximum atomic E-state index is 12.4. The van der Waals surface area contributed by atoms with Crippen molar-refractivity contribution in [3.05, 3.63) is 52.3 Å². The van der Waals surface area contributed by atoms with Crippen molar-refractivity contribution in [3.8, 4) is 17.0 Å². The highest BCUT2D eigenvalue weighted by atomic mass is 16.5. The van der Waals surface area contributed by atoms with E-state index in [1.54, 1.807) is 10.6 Å². The molecule has 0 amide bonds. The van der Waals surface area contributed by atoms with Crippen molar-refractivity contribution in [2.75, 3.05) is 6.61 Å². The monoisotopic (exact) mass is 299 g/mol. The molecule has 1 aromatic carbocycles. The molecule has 0 fully saturated rings. The predicted octanol–water partition coefficient (Wildman–Crippen LogP) is 3.38. The van der Waals surface area contributed by atoms with Gasteiger partial charge >= 0.3 is 0 Å². The summed E-state index contributed by atoms with van der Waals surface area (Å²) < 4.78 is 7.19. The number of carbonyl (C=O) groups excluding carboxylic acids is 1. The Labute approximate surface area is 130 Å². The molecule has 0 atom stereocenters. The van der Waals surface area contributed by atoms with Gasteiger partial charge in [-0.2, -0.15) is 0 Å². The molecule has 2 aromatic rings. The number of ether oxygens (including phenoxy) is 1. The van der Waals surface area contributed by atoms with Crippen LogP contribution in [-0.2, 0) is 6.54 Å². The zero-order chi connectivity index (χ0) is 16.1. The van der Waals surface area contributed by atoms with E-state index in [9.17, 15) is 9.59 Å². The third-order valence-electron chi connectivity index (χ3n) is 3.32. The van der Waals surface area contributed by atoms with Crippen molar-refractivity contribution in [1.29, 1.82) is 0 Å². The Morgan fingerprint density at radius 3 is 2.64 bits per heavy atom. The smallest absolute Gasteiger partial charge is 0.261 e. The van der Waals surface area contributed by atoms with E-state index in [1.807, 2.05) is 51.1 Å². The van der Waals surface area contributed by atoms with Crippen molar-refractivity contribution in [3.63, 3.8) is 0 Å². The lowest BCUT2D eigenvalue weighted by Crippen LogP contribution is -2.26. The zero-order valence-electron chi connectivity index (χ0n) is 13.2. The van der Waals surface area contributed by atoms with Crippen LogP contribution in [0, 0.1) is 5.92 Å². The summed E-state index contributed by atoms with van der Waals surface area (Å²) in [5, 5.41) is 0. The minimum atomic E-state index is -0.247. The first kappa shape index (κ1) is 16.0. The van der Waals surface area contributed by atoms with Gasteiger partial charge in [-0.25, -0.2) is 0 Å². The lowest BCUT2D eigenvalue weighted by atomic mass is 10.1. The molecular weight excluding hydrogens is 278 g/mol. The third-order valence-corrected chi connectivity index (χ3v) is 3.32. The van der Waals surface area contributed by atoms with Crippen molar-refractivity contribution in [1.82, 2.24) is 4.57 Å². The quantitative estimate of drug-likeness (QED) is 0.768. The molecule has 4 nitrogen and oxygen atoms in total. The van der Waals surface area contributed by atoms with Gasteiger partial charge in [0, 0.05) is 12.1 Å². The molecule has 4 heteroatoms. The van der Waals surface area contributed by atoms with Crippen molar-refractivity contribution < 1.29 is 9.53 Å². The molecule has 116 valence electrons. The van der Waals surface area contributed by atoms with E-state index in [0.29, 0.717) is 25.4 Å². The Hall–Kier alpha value is -2.36. The second-order valence-corrected chi connectivity index (χ2v) is 5.56. The second-order valence-electron chi connectivity index (χ2n) is 5.56. The van der Waals surface area contributed by atoms with Crippen LogP contribution in [0.5, 0.6) is 5.75 Å². The highest BCUT2D eigenvalue weighted by Gasteiger charge is 2.12. The minimum Gasteiger partial charge on any atom is -0.494 e. The van der Waals surface area contributed by atoms with Crippen LogP contribution in [0.1, 0.15) is 31.1 Å². The molecule has 0 saturated heterocycles. The SMILES string of the molecule is CCOc1cccc(-c2ccc(C=O)c(=O)n2CC(C)C)c1. The van der Waals surface area contributed by atoms with Crippen LogP contribution in [0.4, 0.5) is 0 Å². The molecule has 22 heavy (non-hydrogen) atoms. The van der Waals surface area contributed by atoms with Gasteiger partial charge in [-0.3, -0.25) is 9.59 Å². The standard InChI is InChI=1S/C18H21NO3/c1-4-22-16-7-5-6-14(10-16)17-9-8-15(12-20)18(21)19(17)11-13(2)3/h5-10,12-13H,4,11H2,1-3H3. The molecule has 0 N–H and O–H groups in total. The van der Waals surface area contributed by atoms with E-state index in [0.717, 1.165) is 17.0 Å². The lowest BCUT2D eigenvalue weighted by molar-refractivity contribution is 0.112. The molecule has 0 aliphatic carbocycles. The van der Waals surface area contributed by atoms with Gasteiger partial charge in [0.15, 0.2) is 6.29 Å². The van der Waals surface area contributed by atoms with Crippen LogP contribution in [0.25, 0.3) is 11.3 Å². The van der Waals surface area contributed by atoms with Gasteiger partial charge in [0.1, 0.15) is 5.75 Å². The Morgan fingerprint density at radius 2 is 2.00 bits per heavy atom. The summed E-state index contributed by atoms with van der Waals surface area (Å²) in [7, 11) is 0. The molecule has 0 aliphatic rings. The summed E-state index contributed by atoms with van der Waals surface area (Å²) in [5.41, 5.74) is 1.64. The second kappa shape index (κ2) is 7.07. The molecule has 1 aromatic heterocycles. The number of hydrogen-bond donors (Lipinski definition) is 0. The number of benzene rings is 1. The summed E-state index contributed by atoms with van der Waals surface area (Å²) in [6, 6.07) is 11.0. The first-order valence-electron chi connectivity index (χ1n) is 7.49. The summed E-state index contributed by atoms with van der Waals surface area (Å²) >= 11 is 0. The molecule has 1 heterocycles. The van der Waals surface area contributed by atoms with Gasteiger partial charge < -0.3 is 9.30 Å². The van der Waals surface area contributed by atoms with Gasteiger partial charge in [-0.05, 0) is 37.1 Å². The van der Waals surface area contributed by atoms with E-state index >= 15 is 0 Å². The van der Waals surface area contributed by atoms with Gasteiger partial charge in [0.05, 0.1) is 17.9 Å². The van der Waals surface area contributed by atoms with Crippen molar-refractivity contribution in [2.45, 2.75) is 27.3 Å². The number of carbonyl (C=O) groups is 1. The number of rotatable bonds is 6. The average Bonchev–Trinajstić information content (AvgIpc) is 2.49. The number of aromatic nitrogens is 1. The van der Waals surface area contributed by atoms with Crippen LogP contribution in [0.3, 0.4) is 0 Å². The van der Waals surface area contributed by atoms with Gasteiger partial charge in [0.25, 0.3) is 5.56 Å². The fraction of sp³-hybridized carbons (Fsp3) is 0.333. The third kappa shape index (κ3) is 3.45. The Morgan fingerprint density at radius 1 is 1.23 bits per heavy atom. The van der Waals surface area contributed by atoms with E-state index in [-0.39, 0.29) is 11.1 Å². The maximum Gasteiger partial charge on any atom is 0.261 e. The van der Waals surface area contributed by atoms with Gasteiger partial charge in [0.2, 0.25) is 0 Å². The average molecular weight is 299 g/mol. The normalized spacial score (nSPS) is 10.7. The fourth-order valence-electron chi connectivity index (χ4n) is 2.40. The molecule has 0 radical (unpaired) electrons. The van der Waals surface area contributed by atoms with Gasteiger partial charge in [-0.1, -0.05) is 26.0 Å². The molecule has 0 saturated carbocycles. The molecular formula is C18H21NO3. The number of hydrogen-bond acceptors (Lipinski definition) is 3. The minimum absolute atomic E-state index is 0.186. The number of aldehydes is 1. The van der Waals surface area contributed by atoms with Crippen LogP contribution in [0.2, 0.25) is 0 Å². The topological polar surface area (TPSA) is 48.3 Å². The molecule has 2 rings (SSSR count). The Kier molecular flexibility index (Phi) is 5.15. The molecule has 0 unspecified atom stereocenters. The maximum absolute atomic E-state index is 12.4. The predicted molar refractivity (Wildman–Crippen MR) is 87.5 cm³/mol. The van der Waals surface area contributed by atoms with Crippen LogP contribution in [0.15, 0.2) is 41.2 Å². The van der Waals surface area contributed by atoms with E-state index in [4.69, 9.17) is 4.74 Å². The molecule has 0 aliphatic heterocycles. The Balaban J connectivity index is 2.59.